The first kappa shape index (κ1) is 14.5. The highest BCUT2D eigenvalue weighted by molar-refractivity contribution is 7.88. The fourth-order valence-electron chi connectivity index (χ4n) is 2.21. The summed E-state index contributed by atoms with van der Waals surface area (Å²) in [5.74, 6) is 0.568. The molecule has 1 aromatic rings. The van der Waals surface area contributed by atoms with Crippen LogP contribution in [0, 0.1) is 5.92 Å². The van der Waals surface area contributed by atoms with Gasteiger partial charge in [-0.2, -0.15) is 0 Å². The predicted molar refractivity (Wildman–Crippen MR) is 75.0 cm³/mol. The van der Waals surface area contributed by atoms with Crippen LogP contribution >= 0.6 is 0 Å². The van der Waals surface area contributed by atoms with Crippen molar-refractivity contribution in [2.45, 2.75) is 31.6 Å². The van der Waals surface area contributed by atoms with E-state index in [9.17, 15) is 8.42 Å². The molecular weight excluding hydrogens is 262 g/mol. The van der Waals surface area contributed by atoms with Crippen molar-refractivity contribution in [3.8, 4) is 0 Å². The molecule has 1 aliphatic carbocycles. The zero-order valence-electron chi connectivity index (χ0n) is 11.2. The molecule has 1 aliphatic rings. The molecule has 5 heteroatoms. The van der Waals surface area contributed by atoms with Gasteiger partial charge in [-0.3, -0.25) is 0 Å². The van der Waals surface area contributed by atoms with E-state index in [1.54, 1.807) is 31.3 Å². The van der Waals surface area contributed by atoms with Gasteiger partial charge in [0.15, 0.2) is 0 Å². The lowest BCUT2D eigenvalue weighted by molar-refractivity contribution is 0.263. The molecule has 1 fully saturated rings. The fourth-order valence-corrected chi connectivity index (χ4v) is 3.49. The highest BCUT2D eigenvalue weighted by Gasteiger charge is 2.25. The highest BCUT2D eigenvalue weighted by atomic mass is 32.2. The van der Waals surface area contributed by atoms with Crippen LogP contribution in [0.5, 0.6) is 0 Å². The third-order valence-electron chi connectivity index (χ3n) is 3.77. The van der Waals surface area contributed by atoms with E-state index < -0.39 is 10.0 Å². The average Bonchev–Trinajstić information content (AvgIpc) is 2.34. The third kappa shape index (κ3) is 3.78. The Hall–Kier alpha value is -0.910. The van der Waals surface area contributed by atoms with Crippen LogP contribution in [0.2, 0.25) is 0 Å². The summed E-state index contributed by atoms with van der Waals surface area (Å²) < 4.78 is 25.9. The lowest BCUT2D eigenvalue weighted by Gasteiger charge is -2.29. The molecule has 0 atom stereocenters. The van der Waals surface area contributed by atoms with Gasteiger partial charge in [0, 0.05) is 13.6 Å². The summed E-state index contributed by atoms with van der Waals surface area (Å²) in [6, 6.07) is 7.05. The minimum absolute atomic E-state index is 0.0192. The first-order chi connectivity index (χ1) is 9.01. The molecule has 1 saturated carbocycles. The summed E-state index contributed by atoms with van der Waals surface area (Å²) in [6.07, 6.45) is 3.51. The van der Waals surface area contributed by atoms with Gasteiger partial charge in [-0.1, -0.05) is 30.7 Å². The van der Waals surface area contributed by atoms with Crippen LogP contribution in [0.25, 0.3) is 0 Å². The largest absolute Gasteiger partial charge is 0.392 e. The summed E-state index contributed by atoms with van der Waals surface area (Å²) in [5.41, 5.74) is 1.56. The first-order valence-corrected chi connectivity index (χ1v) is 8.25. The van der Waals surface area contributed by atoms with Crippen molar-refractivity contribution in [2.24, 2.45) is 5.92 Å². The fraction of sp³-hybridized carbons (Fsp3) is 0.571. The molecular formula is C14H21NO3S. The molecule has 4 nitrogen and oxygen atoms in total. The molecule has 0 spiro atoms. The highest BCUT2D eigenvalue weighted by Crippen LogP contribution is 2.27. The lowest BCUT2D eigenvalue weighted by Crippen LogP contribution is -2.35. The normalized spacial score (nSPS) is 16.6. The number of sulfonamides is 1. The molecule has 1 N–H and O–H groups in total. The van der Waals surface area contributed by atoms with Crippen molar-refractivity contribution in [2.75, 3.05) is 13.6 Å². The van der Waals surface area contributed by atoms with Gasteiger partial charge in [0.2, 0.25) is 10.0 Å². The molecule has 1 aromatic carbocycles. The Balaban J connectivity index is 1.98. The average molecular weight is 283 g/mol. The second kappa shape index (κ2) is 6.03. The van der Waals surface area contributed by atoms with Crippen LogP contribution in [0.15, 0.2) is 24.3 Å². The number of benzene rings is 1. The smallest absolute Gasteiger partial charge is 0.218 e. The Morgan fingerprint density at radius 2 is 1.79 bits per heavy atom. The number of rotatable bonds is 6. The summed E-state index contributed by atoms with van der Waals surface area (Å²) >= 11 is 0. The van der Waals surface area contributed by atoms with E-state index in [1.807, 2.05) is 0 Å². The molecule has 0 radical (unpaired) electrons. The molecule has 0 unspecified atom stereocenters. The Morgan fingerprint density at radius 3 is 2.26 bits per heavy atom. The zero-order valence-corrected chi connectivity index (χ0v) is 12.1. The molecule has 0 aliphatic heterocycles. The molecule has 106 valence electrons. The van der Waals surface area contributed by atoms with Crippen molar-refractivity contribution < 1.29 is 13.5 Å². The van der Waals surface area contributed by atoms with Crippen LogP contribution < -0.4 is 0 Å². The van der Waals surface area contributed by atoms with Crippen LogP contribution in [0.4, 0.5) is 0 Å². The van der Waals surface area contributed by atoms with E-state index in [1.165, 1.54) is 10.7 Å². The van der Waals surface area contributed by atoms with Gasteiger partial charge >= 0.3 is 0 Å². The van der Waals surface area contributed by atoms with Crippen molar-refractivity contribution in [3.63, 3.8) is 0 Å². The standard InChI is InChI=1S/C14H21NO3S/c1-15(9-12-3-2-4-12)19(17,18)11-14-7-5-13(10-16)6-8-14/h5-8,12,16H,2-4,9-11H2,1H3. The van der Waals surface area contributed by atoms with Crippen LogP contribution in [-0.4, -0.2) is 31.4 Å². The van der Waals surface area contributed by atoms with Crippen molar-refractivity contribution >= 4 is 10.0 Å². The van der Waals surface area contributed by atoms with E-state index in [-0.39, 0.29) is 12.4 Å². The Kier molecular flexibility index (Phi) is 4.60. The number of aliphatic hydroxyl groups excluding tert-OH is 1. The SMILES string of the molecule is CN(CC1CCC1)S(=O)(=O)Cc1ccc(CO)cc1. The number of aliphatic hydroxyl groups is 1. The maximum Gasteiger partial charge on any atom is 0.218 e. The maximum absolute atomic E-state index is 12.2. The zero-order chi connectivity index (χ0) is 13.9. The Morgan fingerprint density at radius 1 is 1.21 bits per heavy atom. The van der Waals surface area contributed by atoms with Crippen molar-refractivity contribution in [1.82, 2.24) is 4.31 Å². The van der Waals surface area contributed by atoms with Crippen LogP contribution in [-0.2, 0) is 22.4 Å². The van der Waals surface area contributed by atoms with Gasteiger partial charge in [0.1, 0.15) is 0 Å². The Bertz CT molecular complexity index is 506. The minimum atomic E-state index is -3.23. The Labute approximate surface area is 115 Å². The first-order valence-electron chi connectivity index (χ1n) is 6.64. The monoisotopic (exact) mass is 283 g/mol. The summed E-state index contributed by atoms with van der Waals surface area (Å²) in [5, 5.41) is 8.96. The van der Waals surface area contributed by atoms with Gasteiger partial charge in [0.05, 0.1) is 12.4 Å². The van der Waals surface area contributed by atoms with Gasteiger partial charge in [-0.15, -0.1) is 0 Å². The maximum atomic E-state index is 12.2. The van der Waals surface area contributed by atoms with E-state index in [4.69, 9.17) is 5.11 Å². The number of hydrogen-bond donors (Lipinski definition) is 1. The second-order valence-corrected chi connectivity index (χ2v) is 7.38. The van der Waals surface area contributed by atoms with E-state index in [0.29, 0.717) is 12.5 Å². The predicted octanol–water partition coefficient (Wildman–Crippen LogP) is 1.74. The van der Waals surface area contributed by atoms with Crippen LogP contribution in [0.3, 0.4) is 0 Å². The molecule has 0 amide bonds. The topological polar surface area (TPSA) is 57.6 Å². The third-order valence-corrected chi connectivity index (χ3v) is 5.57. The van der Waals surface area contributed by atoms with Crippen molar-refractivity contribution in [3.05, 3.63) is 35.4 Å². The second-order valence-electron chi connectivity index (χ2n) is 5.31. The lowest BCUT2D eigenvalue weighted by atomic mass is 9.86. The molecule has 0 bridgehead atoms. The van der Waals surface area contributed by atoms with Crippen molar-refractivity contribution in [1.29, 1.82) is 0 Å². The van der Waals surface area contributed by atoms with Gasteiger partial charge < -0.3 is 5.11 Å². The van der Waals surface area contributed by atoms with Crippen LogP contribution in [0.1, 0.15) is 30.4 Å². The van der Waals surface area contributed by atoms with Gasteiger partial charge in [0.25, 0.3) is 0 Å². The van der Waals surface area contributed by atoms with Gasteiger partial charge in [-0.05, 0) is 29.9 Å². The molecule has 0 heterocycles. The molecule has 0 saturated heterocycles. The van der Waals surface area contributed by atoms with E-state index in [2.05, 4.69) is 0 Å². The molecule has 0 aromatic heterocycles. The van der Waals surface area contributed by atoms with Gasteiger partial charge in [-0.25, -0.2) is 12.7 Å². The number of hydrogen-bond acceptors (Lipinski definition) is 3. The van der Waals surface area contributed by atoms with E-state index in [0.717, 1.165) is 24.0 Å². The van der Waals surface area contributed by atoms with E-state index >= 15 is 0 Å². The summed E-state index contributed by atoms with van der Waals surface area (Å²) in [7, 11) is -1.57. The summed E-state index contributed by atoms with van der Waals surface area (Å²) in [4.78, 5) is 0. The molecule has 2 rings (SSSR count). The number of nitrogens with zero attached hydrogens (tertiary/aromatic N) is 1. The minimum Gasteiger partial charge on any atom is -0.392 e. The molecule has 19 heavy (non-hydrogen) atoms. The summed E-state index contributed by atoms with van der Waals surface area (Å²) in [6.45, 7) is 0.617. The quantitative estimate of drug-likeness (QED) is 0.865.